The maximum absolute atomic E-state index is 11.7. The Balaban J connectivity index is 1.82. The van der Waals surface area contributed by atoms with Gasteiger partial charge in [0.15, 0.2) is 0 Å². The van der Waals surface area contributed by atoms with Gasteiger partial charge in [-0.3, -0.25) is 4.79 Å². The standard InChI is InChI=1S/C16H21N3O2/c1-13(12-20)9-17-16(21)8-7-14-10-18-19(11-14)15-5-3-2-4-6-15/h2-6,10-11,13,20H,7-9,12H2,1H3,(H,17,21). The van der Waals surface area contributed by atoms with E-state index in [2.05, 4.69) is 10.4 Å². The topological polar surface area (TPSA) is 67.2 Å². The van der Waals surface area contributed by atoms with Gasteiger partial charge in [0.2, 0.25) is 5.91 Å². The molecule has 0 fully saturated rings. The predicted octanol–water partition coefficient (Wildman–Crippen LogP) is 1.55. The minimum Gasteiger partial charge on any atom is -0.396 e. The molecule has 1 aromatic carbocycles. The minimum atomic E-state index is 0.00256. The smallest absolute Gasteiger partial charge is 0.220 e. The maximum atomic E-state index is 11.7. The molecule has 0 aliphatic carbocycles. The van der Waals surface area contributed by atoms with Crippen LogP contribution >= 0.6 is 0 Å². The molecule has 2 aromatic rings. The average Bonchev–Trinajstić information content (AvgIpc) is 3.00. The fourth-order valence-electron chi connectivity index (χ4n) is 1.91. The number of aliphatic hydroxyl groups excluding tert-OH is 1. The van der Waals surface area contributed by atoms with Crippen molar-refractivity contribution in [3.05, 3.63) is 48.3 Å². The third-order valence-electron chi connectivity index (χ3n) is 3.26. The number of amides is 1. The number of hydrogen-bond acceptors (Lipinski definition) is 3. The van der Waals surface area contributed by atoms with Crippen LogP contribution in [-0.4, -0.2) is 33.9 Å². The fourth-order valence-corrected chi connectivity index (χ4v) is 1.91. The molecule has 1 aromatic heterocycles. The van der Waals surface area contributed by atoms with Crippen LogP contribution in [-0.2, 0) is 11.2 Å². The molecule has 21 heavy (non-hydrogen) atoms. The lowest BCUT2D eigenvalue weighted by Crippen LogP contribution is -2.29. The number of aryl methyl sites for hydroxylation is 1. The van der Waals surface area contributed by atoms with Crippen molar-refractivity contribution in [2.75, 3.05) is 13.2 Å². The van der Waals surface area contributed by atoms with Gasteiger partial charge in [-0.1, -0.05) is 25.1 Å². The third-order valence-corrected chi connectivity index (χ3v) is 3.26. The molecule has 0 spiro atoms. The zero-order valence-corrected chi connectivity index (χ0v) is 12.2. The number of carbonyl (C=O) groups is 1. The van der Waals surface area contributed by atoms with Crippen LogP contribution in [0.25, 0.3) is 5.69 Å². The summed E-state index contributed by atoms with van der Waals surface area (Å²) in [6.07, 6.45) is 4.82. The largest absolute Gasteiger partial charge is 0.396 e. The van der Waals surface area contributed by atoms with Gasteiger partial charge in [0.05, 0.1) is 11.9 Å². The van der Waals surface area contributed by atoms with E-state index in [0.29, 0.717) is 19.4 Å². The quantitative estimate of drug-likeness (QED) is 0.812. The Morgan fingerprint density at radius 1 is 1.38 bits per heavy atom. The van der Waals surface area contributed by atoms with E-state index in [1.54, 1.807) is 10.9 Å². The first kappa shape index (κ1) is 15.3. The molecule has 0 saturated carbocycles. The Hall–Kier alpha value is -2.14. The molecule has 0 aliphatic rings. The highest BCUT2D eigenvalue weighted by molar-refractivity contribution is 5.76. The number of benzene rings is 1. The van der Waals surface area contributed by atoms with Crippen molar-refractivity contribution in [2.45, 2.75) is 19.8 Å². The molecule has 1 atom stereocenters. The molecule has 5 nitrogen and oxygen atoms in total. The summed E-state index contributed by atoms with van der Waals surface area (Å²) in [6, 6.07) is 9.87. The van der Waals surface area contributed by atoms with E-state index in [1.165, 1.54) is 0 Å². The normalized spacial score (nSPS) is 12.1. The molecule has 2 N–H and O–H groups in total. The van der Waals surface area contributed by atoms with Crippen LogP contribution in [0, 0.1) is 5.92 Å². The van der Waals surface area contributed by atoms with Crippen molar-refractivity contribution < 1.29 is 9.90 Å². The molecule has 0 aliphatic heterocycles. The van der Waals surface area contributed by atoms with E-state index < -0.39 is 0 Å². The molecule has 1 heterocycles. The number of aromatic nitrogens is 2. The number of aliphatic hydroxyl groups is 1. The second-order valence-corrected chi connectivity index (χ2v) is 5.22. The lowest BCUT2D eigenvalue weighted by atomic mass is 10.1. The van der Waals surface area contributed by atoms with Gasteiger partial charge in [0, 0.05) is 25.8 Å². The molecule has 0 radical (unpaired) electrons. The molecule has 0 saturated heterocycles. The highest BCUT2D eigenvalue weighted by Crippen LogP contribution is 2.09. The summed E-state index contributed by atoms with van der Waals surface area (Å²) in [4.78, 5) is 11.7. The monoisotopic (exact) mass is 287 g/mol. The van der Waals surface area contributed by atoms with Crippen molar-refractivity contribution in [3.63, 3.8) is 0 Å². The number of nitrogens with zero attached hydrogens (tertiary/aromatic N) is 2. The Bertz CT molecular complexity index is 566. The molecule has 1 amide bonds. The van der Waals surface area contributed by atoms with Crippen molar-refractivity contribution in [2.24, 2.45) is 5.92 Å². The maximum Gasteiger partial charge on any atom is 0.220 e. The molecular weight excluding hydrogens is 266 g/mol. The van der Waals surface area contributed by atoms with E-state index >= 15 is 0 Å². The summed E-state index contributed by atoms with van der Waals surface area (Å²) < 4.78 is 1.81. The molecule has 2 rings (SSSR count). The van der Waals surface area contributed by atoms with E-state index in [9.17, 15) is 4.79 Å². The third kappa shape index (κ3) is 4.72. The molecule has 5 heteroatoms. The van der Waals surface area contributed by atoms with Gasteiger partial charge in [-0.25, -0.2) is 4.68 Å². The van der Waals surface area contributed by atoms with Gasteiger partial charge in [0.1, 0.15) is 0 Å². The Kier molecular flexibility index (Phi) is 5.51. The minimum absolute atomic E-state index is 0.00256. The molecule has 112 valence electrons. The number of rotatable bonds is 7. The SMILES string of the molecule is CC(CO)CNC(=O)CCc1cnn(-c2ccccc2)c1. The van der Waals surface area contributed by atoms with Gasteiger partial charge in [0.25, 0.3) is 0 Å². The lowest BCUT2D eigenvalue weighted by Gasteiger charge is -2.09. The lowest BCUT2D eigenvalue weighted by molar-refractivity contribution is -0.121. The second kappa shape index (κ2) is 7.59. The van der Waals surface area contributed by atoms with Gasteiger partial charge < -0.3 is 10.4 Å². The van der Waals surface area contributed by atoms with Crippen LogP contribution in [0.4, 0.5) is 0 Å². The summed E-state index contributed by atoms with van der Waals surface area (Å²) in [6.45, 7) is 2.49. The fraction of sp³-hybridized carbons (Fsp3) is 0.375. The predicted molar refractivity (Wildman–Crippen MR) is 81.1 cm³/mol. The first-order valence-electron chi connectivity index (χ1n) is 7.15. The van der Waals surface area contributed by atoms with Crippen LogP contribution < -0.4 is 5.32 Å². The average molecular weight is 287 g/mol. The molecule has 1 unspecified atom stereocenters. The van der Waals surface area contributed by atoms with Gasteiger partial charge >= 0.3 is 0 Å². The summed E-state index contributed by atoms with van der Waals surface area (Å²) >= 11 is 0. The van der Waals surface area contributed by atoms with Gasteiger partial charge in [-0.2, -0.15) is 5.10 Å². The Labute approximate surface area is 124 Å². The van der Waals surface area contributed by atoms with E-state index in [0.717, 1.165) is 11.3 Å². The summed E-state index contributed by atoms with van der Waals surface area (Å²) in [5.41, 5.74) is 2.04. The second-order valence-electron chi connectivity index (χ2n) is 5.22. The zero-order valence-electron chi connectivity index (χ0n) is 12.2. The zero-order chi connectivity index (χ0) is 15.1. The van der Waals surface area contributed by atoms with Crippen molar-refractivity contribution >= 4 is 5.91 Å². The van der Waals surface area contributed by atoms with Crippen molar-refractivity contribution in [3.8, 4) is 5.69 Å². The highest BCUT2D eigenvalue weighted by Gasteiger charge is 2.06. The number of hydrogen-bond donors (Lipinski definition) is 2. The van der Waals surface area contributed by atoms with Gasteiger partial charge in [-0.15, -0.1) is 0 Å². The van der Waals surface area contributed by atoms with Crippen LogP contribution in [0.3, 0.4) is 0 Å². The van der Waals surface area contributed by atoms with Crippen molar-refractivity contribution in [1.82, 2.24) is 15.1 Å². The first-order chi connectivity index (χ1) is 10.2. The number of nitrogens with one attached hydrogen (secondary N) is 1. The molecule has 0 bridgehead atoms. The number of carbonyl (C=O) groups excluding carboxylic acids is 1. The van der Waals surface area contributed by atoms with Crippen LogP contribution in [0.5, 0.6) is 0 Å². The van der Waals surface area contributed by atoms with Crippen LogP contribution in [0.2, 0.25) is 0 Å². The van der Waals surface area contributed by atoms with Crippen molar-refractivity contribution in [1.29, 1.82) is 0 Å². The highest BCUT2D eigenvalue weighted by atomic mass is 16.3. The summed E-state index contributed by atoms with van der Waals surface area (Å²) in [7, 11) is 0. The van der Waals surface area contributed by atoms with E-state index in [4.69, 9.17) is 5.11 Å². The van der Waals surface area contributed by atoms with Crippen LogP contribution in [0.1, 0.15) is 18.9 Å². The Morgan fingerprint density at radius 3 is 2.86 bits per heavy atom. The summed E-state index contributed by atoms with van der Waals surface area (Å²) in [5, 5.41) is 16.0. The summed E-state index contributed by atoms with van der Waals surface area (Å²) in [5.74, 6) is 0.0949. The van der Waals surface area contributed by atoms with Gasteiger partial charge in [-0.05, 0) is 30.0 Å². The van der Waals surface area contributed by atoms with E-state index in [-0.39, 0.29) is 18.4 Å². The first-order valence-corrected chi connectivity index (χ1v) is 7.15. The molecular formula is C16H21N3O2. The number of para-hydroxylation sites is 1. The van der Waals surface area contributed by atoms with Crippen LogP contribution in [0.15, 0.2) is 42.7 Å². The van der Waals surface area contributed by atoms with E-state index in [1.807, 2.05) is 43.5 Å². The Morgan fingerprint density at radius 2 is 2.14 bits per heavy atom.